The van der Waals surface area contributed by atoms with E-state index in [0.717, 1.165) is 5.56 Å². The van der Waals surface area contributed by atoms with Crippen molar-refractivity contribution in [3.63, 3.8) is 0 Å². The molecule has 2 rings (SSSR count). The summed E-state index contributed by atoms with van der Waals surface area (Å²) in [6, 6.07) is 13.5. The zero-order chi connectivity index (χ0) is 19.8. The zero-order valence-electron chi connectivity index (χ0n) is 14.5. The van der Waals surface area contributed by atoms with Gasteiger partial charge in [0.2, 0.25) is 5.91 Å². The topological polar surface area (TPSA) is 122 Å². The highest BCUT2D eigenvalue weighted by atomic mass is 16.6. The molecular weight excluding hydrogens is 350 g/mol. The van der Waals surface area contributed by atoms with E-state index in [0.29, 0.717) is 11.1 Å². The summed E-state index contributed by atoms with van der Waals surface area (Å²) in [6.07, 6.45) is 0.0849. The second kappa shape index (κ2) is 9.10. The minimum absolute atomic E-state index is 0.109. The summed E-state index contributed by atoms with van der Waals surface area (Å²) < 4.78 is 4.74. The van der Waals surface area contributed by atoms with E-state index in [9.17, 15) is 19.7 Å². The molecule has 1 N–H and O–H groups in total. The van der Waals surface area contributed by atoms with Crippen molar-refractivity contribution in [2.24, 2.45) is 0 Å². The number of carbonyl (C=O) groups is 2. The molecule has 0 aromatic heterocycles. The Balaban J connectivity index is 2.07. The Labute approximate surface area is 155 Å². The van der Waals surface area contributed by atoms with Crippen LogP contribution in [0.5, 0.6) is 0 Å². The van der Waals surface area contributed by atoms with Crippen molar-refractivity contribution in [2.45, 2.75) is 18.9 Å². The molecule has 0 radical (unpaired) electrons. The molecule has 0 aliphatic rings. The molecule has 1 atom stereocenters. The van der Waals surface area contributed by atoms with Crippen LogP contribution in [0.3, 0.4) is 0 Å². The number of ether oxygens (including phenoxy) is 1. The Morgan fingerprint density at radius 2 is 1.93 bits per heavy atom. The summed E-state index contributed by atoms with van der Waals surface area (Å²) >= 11 is 0. The molecule has 0 unspecified atom stereocenters. The van der Waals surface area contributed by atoms with Gasteiger partial charge in [0.25, 0.3) is 5.69 Å². The molecule has 0 heterocycles. The minimum Gasteiger partial charge on any atom is -0.467 e. The van der Waals surface area contributed by atoms with E-state index in [4.69, 9.17) is 10.00 Å². The molecular formula is C19H17N3O5. The van der Waals surface area contributed by atoms with Gasteiger partial charge in [-0.2, -0.15) is 5.26 Å². The van der Waals surface area contributed by atoms with Gasteiger partial charge in [-0.3, -0.25) is 14.9 Å². The van der Waals surface area contributed by atoms with Gasteiger partial charge in [-0.05, 0) is 23.3 Å². The fourth-order valence-electron chi connectivity index (χ4n) is 2.50. The molecule has 0 aliphatic carbocycles. The number of methoxy groups -OCH3 is 1. The van der Waals surface area contributed by atoms with Gasteiger partial charge in [-0.1, -0.05) is 24.3 Å². The number of rotatable bonds is 7. The molecule has 2 aromatic carbocycles. The van der Waals surface area contributed by atoms with Crippen LogP contribution < -0.4 is 5.32 Å². The summed E-state index contributed by atoms with van der Waals surface area (Å²) in [5.41, 5.74) is 1.59. The zero-order valence-corrected chi connectivity index (χ0v) is 14.5. The van der Waals surface area contributed by atoms with Gasteiger partial charge in [0.1, 0.15) is 6.04 Å². The highest BCUT2D eigenvalue weighted by Gasteiger charge is 2.22. The van der Waals surface area contributed by atoms with Crippen molar-refractivity contribution in [3.8, 4) is 6.07 Å². The van der Waals surface area contributed by atoms with Crippen LogP contribution in [0.15, 0.2) is 48.5 Å². The molecule has 1 amide bonds. The Hall–Kier alpha value is -3.73. The van der Waals surface area contributed by atoms with Crippen LogP contribution in [-0.2, 0) is 27.2 Å². The first kappa shape index (κ1) is 19.6. The average Bonchev–Trinajstić information content (AvgIpc) is 2.67. The van der Waals surface area contributed by atoms with Crippen molar-refractivity contribution < 1.29 is 19.2 Å². The summed E-state index contributed by atoms with van der Waals surface area (Å²) in [7, 11) is 1.22. The van der Waals surface area contributed by atoms with Gasteiger partial charge >= 0.3 is 5.97 Å². The highest BCUT2D eigenvalue weighted by molar-refractivity contribution is 5.85. The first-order chi connectivity index (χ1) is 12.9. The summed E-state index contributed by atoms with van der Waals surface area (Å²) in [6.45, 7) is 0. The maximum absolute atomic E-state index is 12.3. The molecule has 2 aromatic rings. The third-order valence-corrected chi connectivity index (χ3v) is 3.83. The number of nitrogens with zero attached hydrogens (tertiary/aromatic N) is 2. The van der Waals surface area contributed by atoms with Crippen LogP contribution in [0, 0.1) is 21.4 Å². The normalized spacial score (nSPS) is 11.1. The smallest absolute Gasteiger partial charge is 0.328 e. The number of esters is 1. The van der Waals surface area contributed by atoms with E-state index in [1.165, 1.54) is 25.3 Å². The van der Waals surface area contributed by atoms with E-state index in [1.54, 1.807) is 30.3 Å². The molecule has 0 spiro atoms. The monoisotopic (exact) mass is 367 g/mol. The van der Waals surface area contributed by atoms with Gasteiger partial charge in [0, 0.05) is 18.6 Å². The number of nitrogens with one attached hydrogen (secondary N) is 1. The summed E-state index contributed by atoms with van der Waals surface area (Å²) in [5, 5.41) is 22.2. The highest BCUT2D eigenvalue weighted by Crippen LogP contribution is 2.14. The predicted octanol–water partition coefficient (Wildman–Crippen LogP) is 1.91. The fraction of sp³-hybridized carbons (Fsp3) is 0.211. The van der Waals surface area contributed by atoms with Crippen molar-refractivity contribution in [3.05, 3.63) is 75.3 Å². The number of nitro benzene ring substituents is 1. The van der Waals surface area contributed by atoms with Crippen LogP contribution >= 0.6 is 0 Å². The quantitative estimate of drug-likeness (QED) is 0.453. The molecule has 27 heavy (non-hydrogen) atoms. The van der Waals surface area contributed by atoms with Crippen molar-refractivity contribution in [2.75, 3.05) is 7.11 Å². The predicted molar refractivity (Wildman–Crippen MR) is 95.6 cm³/mol. The van der Waals surface area contributed by atoms with Crippen molar-refractivity contribution >= 4 is 17.6 Å². The molecule has 0 fully saturated rings. The van der Waals surface area contributed by atoms with Crippen molar-refractivity contribution in [1.82, 2.24) is 5.32 Å². The van der Waals surface area contributed by atoms with Gasteiger partial charge < -0.3 is 10.1 Å². The van der Waals surface area contributed by atoms with Gasteiger partial charge in [0.15, 0.2) is 0 Å². The van der Waals surface area contributed by atoms with E-state index >= 15 is 0 Å². The lowest BCUT2D eigenvalue weighted by Crippen LogP contribution is -2.43. The number of nitriles is 1. The van der Waals surface area contributed by atoms with E-state index in [1.807, 2.05) is 6.07 Å². The number of non-ortho nitro benzene ring substituents is 1. The van der Waals surface area contributed by atoms with E-state index in [-0.39, 0.29) is 18.5 Å². The summed E-state index contributed by atoms with van der Waals surface area (Å²) in [5.74, 6) is -1.06. The number of carbonyl (C=O) groups excluding carboxylic acids is 2. The maximum atomic E-state index is 12.3. The van der Waals surface area contributed by atoms with Crippen LogP contribution in [0.2, 0.25) is 0 Å². The van der Waals surface area contributed by atoms with E-state index < -0.39 is 22.8 Å². The lowest BCUT2D eigenvalue weighted by molar-refractivity contribution is -0.384. The lowest BCUT2D eigenvalue weighted by atomic mass is 10.0. The van der Waals surface area contributed by atoms with Gasteiger partial charge in [-0.25, -0.2) is 4.79 Å². The SMILES string of the molecule is COC(=O)[C@@H](Cc1ccc(C#N)cc1)NC(=O)Cc1cccc([N+](=O)[O-])c1. The number of benzene rings is 2. The number of hydrogen-bond acceptors (Lipinski definition) is 6. The van der Waals surface area contributed by atoms with Crippen LogP contribution in [0.1, 0.15) is 16.7 Å². The standard InChI is InChI=1S/C19H17N3O5/c1-27-19(24)17(10-13-5-7-14(12-20)8-6-13)21-18(23)11-15-3-2-4-16(9-15)22(25)26/h2-9,17H,10-11H2,1H3,(H,21,23)/t17-/m1/s1. The molecule has 138 valence electrons. The van der Waals surface area contributed by atoms with Crippen LogP contribution in [-0.4, -0.2) is 30.0 Å². The van der Waals surface area contributed by atoms with E-state index in [2.05, 4.69) is 5.32 Å². The Morgan fingerprint density at radius 1 is 1.22 bits per heavy atom. The minimum atomic E-state index is -0.908. The van der Waals surface area contributed by atoms with Crippen molar-refractivity contribution in [1.29, 1.82) is 5.26 Å². The first-order valence-electron chi connectivity index (χ1n) is 8.02. The Bertz CT molecular complexity index is 887. The fourth-order valence-corrected chi connectivity index (χ4v) is 2.50. The molecule has 8 nitrogen and oxygen atoms in total. The van der Waals surface area contributed by atoms with Gasteiger partial charge in [0.05, 0.1) is 30.1 Å². The molecule has 8 heteroatoms. The molecule has 0 aliphatic heterocycles. The largest absolute Gasteiger partial charge is 0.467 e. The van der Waals surface area contributed by atoms with Crippen LogP contribution in [0.4, 0.5) is 5.69 Å². The second-order valence-electron chi connectivity index (χ2n) is 5.76. The average molecular weight is 367 g/mol. The molecule has 0 bridgehead atoms. The number of amides is 1. The van der Waals surface area contributed by atoms with Gasteiger partial charge in [-0.15, -0.1) is 0 Å². The molecule has 0 saturated heterocycles. The maximum Gasteiger partial charge on any atom is 0.328 e. The first-order valence-corrected chi connectivity index (χ1v) is 8.02. The molecule has 0 saturated carbocycles. The second-order valence-corrected chi connectivity index (χ2v) is 5.76. The Morgan fingerprint density at radius 3 is 2.52 bits per heavy atom. The third-order valence-electron chi connectivity index (χ3n) is 3.83. The lowest BCUT2D eigenvalue weighted by Gasteiger charge is -2.16. The summed E-state index contributed by atoms with van der Waals surface area (Å²) in [4.78, 5) is 34.6. The Kier molecular flexibility index (Phi) is 6.61. The number of hydrogen-bond donors (Lipinski definition) is 1. The van der Waals surface area contributed by atoms with Crippen LogP contribution in [0.25, 0.3) is 0 Å². The number of nitro groups is 1. The third kappa shape index (κ3) is 5.64.